The molecular weight excluding hydrogens is 300 g/mol. The minimum Gasteiger partial charge on any atom is -0.497 e. The highest BCUT2D eigenvalue weighted by Gasteiger charge is 2.27. The van der Waals surface area contributed by atoms with Gasteiger partial charge >= 0.3 is 0 Å². The molecule has 1 heterocycles. The fourth-order valence-electron chi connectivity index (χ4n) is 3.05. The lowest BCUT2D eigenvalue weighted by molar-refractivity contribution is -0.134. The maximum atomic E-state index is 12.7. The average Bonchev–Trinajstić information content (AvgIpc) is 2.54. The number of likely N-dealkylation sites (tertiary alicyclic amines) is 1. The molecule has 5 heteroatoms. The summed E-state index contributed by atoms with van der Waals surface area (Å²) in [5.74, 6) is 1.49. The summed E-state index contributed by atoms with van der Waals surface area (Å²) in [6.07, 6.45) is 2.31. The fraction of sp³-hybridized carbons (Fsp3) is 0.588. The molecule has 0 aromatic heterocycles. The molecule has 0 bridgehead atoms. The molecule has 0 spiro atoms. The van der Waals surface area contributed by atoms with E-state index in [4.69, 9.17) is 4.74 Å². The van der Waals surface area contributed by atoms with E-state index in [1.165, 1.54) is 6.42 Å². The van der Waals surface area contributed by atoms with E-state index in [0.29, 0.717) is 5.92 Å². The van der Waals surface area contributed by atoms with Crippen LogP contribution in [0, 0.1) is 5.92 Å². The first-order valence-electron chi connectivity index (χ1n) is 7.73. The van der Waals surface area contributed by atoms with E-state index in [0.717, 1.165) is 37.4 Å². The molecule has 2 unspecified atom stereocenters. The lowest BCUT2D eigenvalue weighted by atomic mass is 9.94. The zero-order valence-corrected chi connectivity index (χ0v) is 14.5. The molecule has 1 N–H and O–H groups in total. The van der Waals surface area contributed by atoms with Crippen LogP contribution in [0.4, 0.5) is 0 Å². The van der Waals surface area contributed by atoms with Gasteiger partial charge in [0, 0.05) is 13.1 Å². The number of methoxy groups -OCH3 is 1. The number of nitrogens with one attached hydrogen (secondary N) is 1. The highest BCUT2D eigenvalue weighted by atomic mass is 35.5. The summed E-state index contributed by atoms with van der Waals surface area (Å²) < 4.78 is 5.25. The predicted molar refractivity (Wildman–Crippen MR) is 91.9 cm³/mol. The summed E-state index contributed by atoms with van der Waals surface area (Å²) >= 11 is 0. The minimum absolute atomic E-state index is 0. The SMILES string of the molecule is CNCC1CCCN(C(=O)C(C)c2cccc(OC)c2)C1.Cl. The number of hydrogen-bond acceptors (Lipinski definition) is 3. The summed E-state index contributed by atoms with van der Waals surface area (Å²) in [5, 5.41) is 3.22. The Hall–Kier alpha value is -1.26. The van der Waals surface area contributed by atoms with Crippen LogP contribution in [0.3, 0.4) is 0 Å². The lowest BCUT2D eigenvalue weighted by Gasteiger charge is -2.34. The second kappa shape index (κ2) is 9.01. The van der Waals surface area contributed by atoms with Gasteiger partial charge in [-0.3, -0.25) is 4.79 Å². The number of halogens is 1. The maximum absolute atomic E-state index is 12.7. The summed E-state index contributed by atoms with van der Waals surface area (Å²) in [5.41, 5.74) is 1.02. The van der Waals surface area contributed by atoms with Crippen LogP contribution in [0.1, 0.15) is 31.2 Å². The van der Waals surface area contributed by atoms with Gasteiger partial charge in [0.1, 0.15) is 5.75 Å². The predicted octanol–water partition coefficient (Wildman–Crippen LogP) is 2.68. The Morgan fingerprint density at radius 3 is 2.95 bits per heavy atom. The van der Waals surface area contributed by atoms with Crippen molar-refractivity contribution >= 4 is 18.3 Å². The number of rotatable bonds is 5. The fourth-order valence-corrected chi connectivity index (χ4v) is 3.05. The normalized spacial score (nSPS) is 19.2. The van der Waals surface area contributed by atoms with Crippen LogP contribution in [-0.2, 0) is 4.79 Å². The van der Waals surface area contributed by atoms with Crippen LogP contribution >= 0.6 is 12.4 Å². The van der Waals surface area contributed by atoms with Crippen molar-refractivity contribution in [2.24, 2.45) is 5.92 Å². The Balaban J connectivity index is 0.00000242. The molecule has 2 atom stereocenters. The molecule has 4 nitrogen and oxygen atoms in total. The third kappa shape index (κ3) is 4.62. The largest absolute Gasteiger partial charge is 0.497 e. The monoisotopic (exact) mass is 326 g/mol. The standard InChI is InChI=1S/C17H26N2O2.ClH/c1-13(15-7-4-8-16(10-15)21-3)17(20)19-9-5-6-14(12-19)11-18-2;/h4,7-8,10,13-14,18H,5-6,9,11-12H2,1-3H3;1H. The first kappa shape index (κ1) is 18.8. The highest BCUT2D eigenvalue weighted by Crippen LogP contribution is 2.25. The molecule has 0 saturated carbocycles. The van der Waals surface area contributed by atoms with Crippen LogP contribution in [0.25, 0.3) is 0 Å². The summed E-state index contributed by atoms with van der Waals surface area (Å²) in [4.78, 5) is 14.7. The number of amides is 1. The van der Waals surface area contributed by atoms with Crippen molar-refractivity contribution in [3.63, 3.8) is 0 Å². The van der Waals surface area contributed by atoms with Gasteiger partial charge in [0.2, 0.25) is 5.91 Å². The van der Waals surface area contributed by atoms with Gasteiger partial charge in [0.25, 0.3) is 0 Å². The van der Waals surface area contributed by atoms with E-state index in [2.05, 4.69) is 5.32 Å². The second-order valence-corrected chi connectivity index (χ2v) is 5.85. The zero-order chi connectivity index (χ0) is 15.2. The van der Waals surface area contributed by atoms with Gasteiger partial charge in [0.05, 0.1) is 13.0 Å². The Labute approximate surface area is 139 Å². The molecule has 2 rings (SSSR count). The van der Waals surface area contributed by atoms with Crippen LogP contribution in [0.2, 0.25) is 0 Å². The Morgan fingerprint density at radius 1 is 1.50 bits per heavy atom. The molecule has 1 aliphatic rings. The molecule has 1 amide bonds. The Morgan fingerprint density at radius 2 is 2.27 bits per heavy atom. The van der Waals surface area contributed by atoms with E-state index in [-0.39, 0.29) is 24.2 Å². The van der Waals surface area contributed by atoms with Gasteiger partial charge in [-0.15, -0.1) is 12.4 Å². The molecule has 1 fully saturated rings. The Bertz CT molecular complexity index is 479. The molecule has 1 saturated heterocycles. The lowest BCUT2D eigenvalue weighted by Crippen LogP contribution is -2.44. The first-order valence-corrected chi connectivity index (χ1v) is 7.73. The van der Waals surface area contributed by atoms with Crippen molar-refractivity contribution in [3.05, 3.63) is 29.8 Å². The molecule has 22 heavy (non-hydrogen) atoms. The van der Waals surface area contributed by atoms with Gasteiger partial charge in [-0.05, 0) is 57.0 Å². The molecule has 1 aromatic rings. The van der Waals surface area contributed by atoms with Crippen molar-refractivity contribution < 1.29 is 9.53 Å². The number of ether oxygens (including phenoxy) is 1. The van der Waals surface area contributed by atoms with E-state index < -0.39 is 0 Å². The van der Waals surface area contributed by atoms with Gasteiger partial charge in [-0.25, -0.2) is 0 Å². The number of hydrogen-bond donors (Lipinski definition) is 1. The van der Waals surface area contributed by atoms with E-state index in [9.17, 15) is 4.79 Å². The van der Waals surface area contributed by atoms with Crippen molar-refractivity contribution in [2.75, 3.05) is 33.8 Å². The van der Waals surface area contributed by atoms with E-state index in [1.807, 2.05) is 43.1 Å². The maximum Gasteiger partial charge on any atom is 0.229 e. The number of carbonyl (C=O) groups is 1. The summed E-state index contributed by atoms with van der Waals surface area (Å²) in [7, 11) is 3.62. The molecule has 124 valence electrons. The molecule has 0 radical (unpaired) electrons. The molecular formula is C17H27ClN2O2. The van der Waals surface area contributed by atoms with Crippen LogP contribution in [0.5, 0.6) is 5.75 Å². The number of piperidine rings is 1. The van der Waals surface area contributed by atoms with Gasteiger partial charge < -0.3 is 15.0 Å². The third-order valence-electron chi connectivity index (χ3n) is 4.29. The van der Waals surface area contributed by atoms with Gasteiger partial charge in [-0.1, -0.05) is 12.1 Å². The Kier molecular flexibility index (Phi) is 7.69. The van der Waals surface area contributed by atoms with Crippen LogP contribution in [-0.4, -0.2) is 44.6 Å². The second-order valence-electron chi connectivity index (χ2n) is 5.85. The smallest absolute Gasteiger partial charge is 0.229 e. The minimum atomic E-state index is -0.117. The van der Waals surface area contributed by atoms with Crippen molar-refractivity contribution in [1.29, 1.82) is 0 Å². The van der Waals surface area contributed by atoms with Crippen molar-refractivity contribution in [2.45, 2.75) is 25.7 Å². The van der Waals surface area contributed by atoms with Crippen molar-refractivity contribution in [3.8, 4) is 5.75 Å². The van der Waals surface area contributed by atoms with Crippen molar-refractivity contribution in [1.82, 2.24) is 10.2 Å². The molecule has 1 aliphatic heterocycles. The quantitative estimate of drug-likeness (QED) is 0.904. The van der Waals surface area contributed by atoms with Crippen LogP contribution in [0.15, 0.2) is 24.3 Å². The zero-order valence-electron chi connectivity index (χ0n) is 13.7. The number of nitrogens with zero attached hydrogens (tertiary/aromatic N) is 1. The van der Waals surface area contributed by atoms with E-state index in [1.54, 1.807) is 7.11 Å². The highest BCUT2D eigenvalue weighted by molar-refractivity contribution is 5.85. The summed E-state index contributed by atoms with van der Waals surface area (Å²) in [6.45, 7) is 4.72. The molecule has 0 aliphatic carbocycles. The summed E-state index contributed by atoms with van der Waals surface area (Å²) in [6, 6.07) is 7.81. The number of carbonyl (C=O) groups excluding carboxylic acids is 1. The first-order chi connectivity index (χ1) is 10.2. The van der Waals surface area contributed by atoms with Gasteiger partial charge in [-0.2, -0.15) is 0 Å². The topological polar surface area (TPSA) is 41.6 Å². The van der Waals surface area contributed by atoms with Gasteiger partial charge in [0.15, 0.2) is 0 Å². The van der Waals surface area contributed by atoms with Crippen LogP contribution < -0.4 is 10.1 Å². The number of benzene rings is 1. The third-order valence-corrected chi connectivity index (χ3v) is 4.29. The molecule has 1 aromatic carbocycles. The van der Waals surface area contributed by atoms with E-state index >= 15 is 0 Å². The average molecular weight is 327 g/mol.